The second-order valence-corrected chi connectivity index (χ2v) is 6.07. The van der Waals surface area contributed by atoms with E-state index in [2.05, 4.69) is 5.32 Å². The van der Waals surface area contributed by atoms with E-state index in [4.69, 9.17) is 15.2 Å². The van der Waals surface area contributed by atoms with Gasteiger partial charge in [-0.2, -0.15) is 0 Å². The summed E-state index contributed by atoms with van der Waals surface area (Å²) >= 11 is 0. The predicted molar refractivity (Wildman–Crippen MR) is 82.9 cm³/mol. The molecule has 22 heavy (non-hydrogen) atoms. The topological polar surface area (TPSA) is 90.6 Å². The van der Waals surface area contributed by atoms with Crippen molar-refractivity contribution in [3.05, 3.63) is 35.9 Å². The predicted octanol–water partition coefficient (Wildman–Crippen LogP) is 0.988. The Bertz CT molecular complexity index is 511. The van der Waals surface area contributed by atoms with E-state index in [1.165, 1.54) is 7.11 Å². The van der Waals surface area contributed by atoms with Crippen molar-refractivity contribution >= 4 is 11.9 Å². The van der Waals surface area contributed by atoms with Gasteiger partial charge < -0.3 is 20.5 Å². The van der Waals surface area contributed by atoms with Crippen LogP contribution >= 0.6 is 0 Å². The fourth-order valence-corrected chi connectivity index (χ4v) is 1.75. The summed E-state index contributed by atoms with van der Waals surface area (Å²) in [5.74, 6) is -1.44. The molecule has 1 amide bonds. The molecule has 0 saturated heterocycles. The van der Waals surface area contributed by atoms with Crippen LogP contribution in [0.5, 0.6) is 0 Å². The second kappa shape index (κ2) is 7.38. The first-order valence-electron chi connectivity index (χ1n) is 7.02. The van der Waals surface area contributed by atoms with Crippen molar-refractivity contribution in [2.75, 3.05) is 13.7 Å². The molecule has 0 spiro atoms. The van der Waals surface area contributed by atoms with Gasteiger partial charge in [-0.05, 0) is 26.3 Å². The lowest BCUT2D eigenvalue weighted by atomic mass is 10.0. The maximum Gasteiger partial charge on any atom is 0.338 e. The number of ether oxygens (including phenoxy) is 2. The summed E-state index contributed by atoms with van der Waals surface area (Å²) in [6.45, 7) is 5.13. The Morgan fingerprint density at radius 1 is 1.18 bits per heavy atom. The smallest absolute Gasteiger partial charge is 0.338 e. The zero-order valence-corrected chi connectivity index (χ0v) is 13.5. The molecule has 0 aliphatic carbocycles. The summed E-state index contributed by atoms with van der Waals surface area (Å²) in [6.07, 6.45) is 0. The molecule has 1 aromatic rings. The molecule has 0 aromatic heterocycles. The number of benzene rings is 1. The summed E-state index contributed by atoms with van der Waals surface area (Å²) in [6, 6.07) is 9.33. The van der Waals surface area contributed by atoms with Crippen molar-refractivity contribution < 1.29 is 19.1 Å². The van der Waals surface area contributed by atoms with Gasteiger partial charge in [0.25, 0.3) is 5.91 Å². The quantitative estimate of drug-likeness (QED) is 0.604. The van der Waals surface area contributed by atoms with E-state index >= 15 is 0 Å². The highest BCUT2D eigenvalue weighted by Crippen LogP contribution is 2.14. The minimum atomic E-state index is -1.88. The summed E-state index contributed by atoms with van der Waals surface area (Å²) < 4.78 is 10.2. The minimum absolute atomic E-state index is 0.261. The summed E-state index contributed by atoms with van der Waals surface area (Å²) in [4.78, 5) is 24.6. The number of nitrogens with one attached hydrogen (secondary N) is 1. The van der Waals surface area contributed by atoms with Gasteiger partial charge in [0.05, 0.1) is 6.61 Å². The maximum absolute atomic E-state index is 12.3. The standard InChI is InChI=1S/C16H24N2O4/c1-15(2,3)22-14(20)16(17,11-21-4)13(19)18-10-12-8-6-5-7-9-12/h5-9H,10-11,17H2,1-4H3,(H,18,19)/t16-/m1/s1. The monoisotopic (exact) mass is 308 g/mol. The van der Waals surface area contributed by atoms with Crippen LogP contribution < -0.4 is 11.1 Å². The van der Waals surface area contributed by atoms with Crippen LogP contribution in [0.15, 0.2) is 30.3 Å². The molecule has 0 aliphatic heterocycles. The summed E-state index contributed by atoms with van der Waals surface area (Å²) in [7, 11) is 1.37. The van der Waals surface area contributed by atoms with Gasteiger partial charge in [0.15, 0.2) is 0 Å². The van der Waals surface area contributed by atoms with Gasteiger partial charge in [0.1, 0.15) is 5.60 Å². The van der Waals surface area contributed by atoms with E-state index in [1.54, 1.807) is 20.8 Å². The largest absolute Gasteiger partial charge is 0.458 e. The van der Waals surface area contributed by atoms with Crippen molar-refractivity contribution in [1.29, 1.82) is 0 Å². The van der Waals surface area contributed by atoms with Crippen LogP contribution in [0.4, 0.5) is 0 Å². The van der Waals surface area contributed by atoms with Gasteiger partial charge in [0.2, 0.25) is 5.54 Å². The van der Waals surface area contributed by atoms with Gasteiger partial charge in [-0.3, -0.25) is 4.79 Å². The second-order valence-electron chi connectivity index (χ2n) is 6.07. The lowest BCUT2D eigenvalue weighted by molar-refractivity contribution is -0.166. The molecule has 0 unspecified atom stereocenters. The zero-order valence-electron chi connectivity index (χ0n) is 13.5. The van der Waals surface area contributed by atoms with Crippen LogP contribution in [0.2, 0.25) is 0 Å². The van der Waals surface area contributed by atoms with Crippen molar-refractivity contribution in [1.82, 2.24) is 5.32 Å². The maximum atomic E-state index is 12.3. The van der Waals surface area contributed by atoms with Crippen molar-refractivity contribution in [3.8, 4) is 0 Å². The Hall–Kier alpha value is -1.92. The number of carbonyl (C=O) groups excluding carboxylic acids is 2. The van der Waals surface area contributed by atoms with Gasteiger partial charge in [-0.25, -0.2) is 4.79 Å². The highest BCUT2D eigenvalue weighted by molar-refractivity contribution is 6.07. The summed E-state index contributed by atoms with van der Waals surface area (Å²) in [5.41, 5.74) is 4.24. The Balaban J connectivity index is 2.79. The van der Waals surface area contributed by atoms with Gasteiger partial charge in [-0.1, -0.05) is 30.3 Å². The molecule has 1 atom stereocenters. The number of esters is 1. The normalized spacial score (nSPS) is 14.0. The van der Waals surface area contributed by atoms with Crippen LogP contribution in [0.25, 0.3) is 0 Å². The van der Waals surface area contributed by atoms with Gasteiger partial charge in [-0.15, -0.1) is 0 Å². The Kier molecular flexibility index (Phi) is 6.08. The molecule has 1 rings (SSSR count). The number of nitrogens with two attached hydrogens (primary N) is 1. The average molecular weight is 308 g/mol. The zero-order chi connectivity index (χ0) is 16.8. The molecule has 0 fully saturated rings. The fraction of sp³-hybridized carbons (Fsp3) is 0.500. The molecular weight excluding hydrogens is 284 g/mol. The van der Waals surface area contributed by atoms with Gasteiger partial charge >= 0.3 is 5.97 Å². The number of rotatable bonds is 6. The Labute approximate surface area is 131 Å². The Morgan fingerprint density at radius 2 is 1.77 bits per heavy atom. The average Bonchev–Trinajstić information content (AvgIpc) is 2.44. The fourth-order valence-electron chi connectivity index (χ4n) is 1.75. The molecule has 0 saturated carbocycles. The van der Waals surface area contributed by atoms with Crippen LogP contribution in [0.3, 0.4) is 0 Å². The molecule has 0 aliphatic rings. The first-order chi connectivity index (χ1) is 10.2. The first kappa shape index (κ1) is 18.1. The number of carbonyl (C=O) groups is 2. The molecular formula is C16H24N2O4. The number of methoxy groups -OCH3 is 1. The van der Waals surface area contributed by atoms with Crippen LogP contribution in [-0.2, 0) is 25.6 Å². The molecule has 122 valence electrons. The van der Waals surface area contributed by atoms with Crippen molar-refractivity contribution in [2.45, 2.75) is 38.5 Å². The third-order valence-corrected chi connectivity index (χ3v) is 2.84. The van der Waals surface area contributed by atoms with Crippen molar-refractivity contribution in [3.63, 3.8) is 0 Å². The number of hydrogen-bond acceptors (Lipinski definition) is 5. The van der Waals surface area contributed by atoms with E-state index in [9.17, 15) is 9.59 Å². The molecule has 0 bridgehead atoms. The van der Waals surface area contributed by atoms with Gasteiger partial charge in [0, 0.05) is 13.7 Å². The Morgan fingerprint density at radius 3 is 2.27 bits per heavy atom. The molecule has 3 N–H and O–H groups in total. The molecule has 6 heteroatoms. The SMILES string of the molecule is COC[C@@](N)(C(=O)NCc1ccccc1)C(=O)OC(C)(C)C. The molecule has 0 heterocycles. The first-order valence-corrected chi connectivity index (χ1v) is 7.02. The molecule has 0 radical (unpaired) electrons. The number of hydrogen-bond donors (Lipinski definition) is 2. The van der Waals surface area contributed by atoms with E-state index in [0.29, 0.717) is 0 Å². The molecule has 1 aromatic carbocycles. The third-order valence-electron chi connectivity index (χ3n) is 2.84. The van der Waals surface area contributed by atoms with Crippen LogP contribution in [0, 0.1) is 0 Å². The third kappa shape index (κ3) is 5.13. The minimum Gasteiger partial charge on any atom is -0.458 e. The van der Waals surface area contributed by atoms with E-state index in [1.807, 2.05) is 30.3 Å². The highest BCUT2D eigenvalue weighted by atomic mass is 16.6. The highest BCUT2D eigenvalue weighted by Gasteiger charge is 2.45. The van der Waals surface area contributed by atoms with Crippen LogP contribution in [0.1, 0.15) is 26.3 Å². The lowest BCUT2D eigenvalue weighted by Gasteiger charge is -2.29. The summed E-state index contributed by atoms with van der Waals surface area (Å²) in [5, 5.41) is 2.65. The van der Waals surface area contributed by atoms with E-state index in [-0.39, 0.29) is 13.2 Å². The number of amides is 1. The van der Waals surface area contributed by atoms with Crippen LogP contribution in [-0.4, -0.2) is 36.7 Å². The lowest BCUT2D eigenvalue weighted by Crippen LogP contribution is -2.63. The van der Waals surface area contributed by atoms with E-state index in [0.717, 1.165) is 5.56 Å². The van der Waals surface area contributed by atoms with Crippen molar-refractivity contribution in [2.24, 2.45) is 5.73 Å². The van der Waals surface area contributed by atoms with E-state index < -0.39 is 23.0 Å². The molecule has 6 nitrogen and oxygen atoms in total.